The first-order valence-electron chi connectivity index (χ1n) is 6.62. The molecule has 2 aromatic carbocycles. The van der Waals surface area contributed by atoms with Crippen molar-refractivity contribution in [3.8, 4) is 0 Å². The van der Waals surface area contributed by atoms with Crippen molar-refractivity contribution >= 4 is 45.2 Å². The second-order valence-corrected chi connectivity index (χ2v) is 7.35. The number of hydrogen-bond acceptors (Lipinski definition) is 2. The first-order chi connectivity index (χ1) is 10.1. The van der Waals surface area contributed by atoms with Crippen LogP contribution in [0.5, 0.6) is 0 Å². The van der Waals surface area contributed by atoms with E-state index in [1.54, 1.807) is 18.2 Å². The highest BCUT2D eigenvalue weighted by molar-refractivity contribution is 9.10. The maximum absolute atomic E-state index is 12.4. The van der Waals surface area contributed by atoms with Crippen molar-refractivity contribution in [1.82, 2.24) is 5.32 Å². The van der Waals surface area contributed by atoms with Crippen LogP contribution in [-0.2, 0) is 0 Å². The Balaban J connectivity index is 1.82. The van der Waals surface area contributed by atoms with Crippen LogP contribution in [0.4, 0.5) is 0 Å². The molecule has 1 heterocycles. The molecule has 2 aromatic rings. The van der Waals surface area contributed by atoms with Crippen LogP contribution in [0.25, 0.3) is 0 Å². The molecule has 1 atom stereocenters. The maximum atomic E-state index is 12.4. The topological polar surface area (TPSA) is 29.1 Å². The first-order valence-corrected chi connectivity index (χ1v) is 8.78. The molecule has 1 aliphatic rings. The van der Waals surface area contributed by atoms with Gasteiger partial charge in [0.1, 0.15) is 0 Å². The molecule has 0 spiro atoms. The molecule has 1 amide bonds. The molecule has 0 aliphatic carbocycles. The van der Waals surface area contributed by atoms with Crippen LogP contribution in [0.15, 0.2) is 51.8 Å². The van der Waals surface area contributed by atoms with E-state index in [1.807, 2.05) is 23.9 Å². The zero-order chi connectivity index (χ0) is 14.8. The van der Waals surface area contributed by atoms with Gasteiger partial charge in [0.2, 0.25) is 0 Å². The minimum absolute atomic E-state index is 0.0627. The van der Waals surface area contributed by atoms with E-state index in [4.69, 9.17) is 11.6 Å². The summed E-state index contributed by atoms with van der Waals surface area (Å²) in [5.74, 6) is 0.922. The largest absolute Gasteiger partial charge is 0.345 e. The number of carbonyl (C=O) groups is 1. The molecule has 0 fully saturated rings. The Morgan fingerprint density at radius 1 is 1.29 bits per heavy atom. The smallest absolute Gasteiger partial charge is 0.251 e. The van der Waals surface area contributed by atoms with E-state index < -0.39 is 0 Å². The van der Waals surface area contributed by atoms with Crippen molar-refractivity contribution < 1.29 is 4.79 Å². The summed E-state index contributed by atoms with van der Waals surface area (Å²) in [5.41, 5.74) is 1.77. The van der Waals surface area contributed by atoms with Crippen molar-refractivity contribution in [2.24, 2.45) is 0 Å². The van der Waals surface area contributed by atoms with E-state index in [0.29, 0.717) is 10.6 Å². The van der Waals surface area contributed by atoms with Gasteiger partial charge < -0.3 is 5.32 Å². The Bertz CT molecular complexity index is 671. The fourth-order valence-electron chi connectivity index (χ4n) is 2.42. The number of halogens is 2. The van der Waals surface area contributed by atoms with Gasteiger partial charge in [-0.3, -0.25) is 4.79 Å². The number of amides is 1. The van der Waals surface area contributed by atoms with E-state index >= 15 is 0 Å². The van der Waals surface area contributed by atoms with Gasteiger partial charge >= 0.3 is 0 Å². The minimum atomic E-state index is -0.0927. The standard InChI is InChI=1S/C16H13BrClNOS/c17-11-7-10(8-12(18)9-11)16(20)19-14-5-6-21-15-4-2-1-3-13(14)15/h1-4,7-9,14H,5-6H2,(H,19,20). The third kappa shape index (κ3) is 3.44. The molecule has 21 heavy (non-hydrogen) atoms. The van der Waals surface area contributed by atoms with Crippen LogP contribution in [0.1, 0.15) is 28.4 Å². The van der Waals surface area contributed by atoms with Crippen molar-refractivity contribution in [1.29, 1.82) is 0 Å². The monoisotopic (exact) mass is 381 g/mol. The molecule has 5 heteroatoms. The van der Waals surface area contributed by atoms with Crippen LogP contribution in [0, 0.1) is 0 Å². The van der Waals surface area contributed by atoms with Gasteiger partial charge in [-0.25, -0.2) is 0 Å². The molecule has 0 bridgehead atoms. The second-order valence-electron chi connectivity index (χ2n) is 4.86. The number of thioether (sulfide) groups is 1. The average Bonchev–Trinajstić information content (AvgIpc) is 2.46. The molecular formula is C16H13BrClNOS. The number of nitrogens with one attached hydrogen (secondary N) is 1. The molecule has 1 unspecified atom stereocenters. The zero-order valence-corrected chi connectivity index (χ0v) is 14.3. The predicted molar refractivity (Wildman–Crippen MR) is 91.1 cm³/mol. The van der Waals surface area contributed by atoms with E-state index in [2.05, 4.69) is 33.4 Å². The van der Waals surface area contributed by atoms with Gasteiger partial charge in [0.15, 0.2) is 0 Å². The quantitative estimate of drug-likeness (QED) is 0.785. The van der Waals surface area contributed by atoms with Crippen molar-refractivity contribution in [2.75, 3.05) is 5.75 Å². The van der Waals surface area contributed by atoms with Gasteiger partial charge in [0.25, 0.3) is 5.91 Å². The third-order valence-electron chi connectivity index (χ3n) is 3.39. The number of hydrogen-bond donors (Lipinski definition) is 1. The van der Waals surface area contributed by atoms with Gasteiger partial charge in [0, 0.05) is 25.7 Å². The van der Waals surface area contributed by atoms with Crippen LogP contribution < -0.4 is 5.32 Å². The Labute approximate surface area is 141 Å². The van der Waals surface area contributed by atoms with Gasteiger partial charge in [-0.15, -0.1) is 11.8 Å². The Morgan fingerprint density at radius 3 is 2.90 bits per heavy atom. The van der Waals surface area contributed by atoms with Crippen molar-refractivity contribution in [2.45, 2.75) is 17.4 Å². The summed E-state index contributed by atoms with van der Waals surface area (Å²) in [7, 11) is 0. The number of fused-ring (bicyclic) bond motifs is 1. The summed E-state index contributed by atoms with van der Waals surface area (Å²) < 4.78 is 0.805. The van der Waals surface area contributed by atoms with Gasteiger partial charge in [0.05, 0.1) is 6.04 Å². The summed E-state index contributed by atoms with van der Waals surface area (Å²) >= 11 is 11.2. The highest BCUT2D eigenvalue weighted by Gasteiger charge is 2.22. The molecule has 1 aliphatic heterocycles. The van der Waals surface area contributed by atoms with E-state index in [0.717, 1.165) is 16.6 Å². The van der Waals surface area contributed by atoms with Gasteiger partial charge in [-0.05, 0) is 36.2 Å². The van der Waals surface area contributed by atoms with E-state index in [9.17, 15) is 4.79 Å². The van der Waals surface area contributed by atoms with Crippen LogP contribution in [-0.4, -0.2) is 11.7 Å². The normalized spacial score (nSPS) is 17.1. The molecule has 0 aromatic heterocycles. The van der Waals surface area contributed by atoms with Crippen LogP contribution in [0.2, 0.25) is 5.02 Å². The third-order valence-corrected chi connectivity index (χ3v) is 5.19. The summed E-state index contributed by atoms with van der Waals surface area (Å²) in [4.78, 5) is 13.7. The van der Waals surface area contributed by atoms with Crippen LogP contribution in [0.3, 0.4) is 0 Å². The molecule has 0 saturated carbocycles. The zero-order valence-electron chi connectivity index (χ0n) is 11.1. The van der Waals surface area contributed by atoms with Gasteiger partial charge in [-0.1, -0.05) is 45.7 Å². The Morgan fingerprint density at radius 2 is 2.10 bits per heavy atom. The Kier molecular flexibility index (Phi) is 4.57. The SMILES string of the molecule is O=C(NC1CCSc2ccccc21)c1cc(Cl)cc(Br)c1. The molecular weight excluding hydrogens is 370 g/mol. The van der Waals surface area contributed by atoms with Gasteiger partial charge in [-0.2, -0.15) is 0 Å². The maximum Gasteiger partial charge on any atom is 0.251 e. The average molecular weight is 383 g/mol. The summed E-state index contributed by atoms with van der Waals surface area (Å²) in [6.45, 7) is 0. The minimum Gasteiger partial charge on any atom is -0.345 e. The van der Waals surface area contributed by atoms with E-state index in [-0.39, 0.29) is 11.9 Å². The fraction of sp³-hybridized carbons (Fsp3) is 0.188. The second kappa shape index (κ2) is 6.42. The fourth-order valence-corrected chi connectivity index (χ4v) is 4.40. The molecule has 0 radical (unpaired) electrons. The highest BCUT2D eigenvalue weighted by Crippen LogP contribution is 2.36. The predicted octanol–water partition coefficient (Wildman–Crippen LogP) is 5.07. The summed E-state index contributed by atoms with van der Waals surface area (Å²) in [6.07, 6.45) is 0.940. The lowest BCUT2D eigenvalue weighted by atomic mass is 10.0. The summed E-state index contributed by atoms with van der Waals surface area (Å²) in [6, 6.07) is 13.5. The van der Waals surface area contributed by atoms with Crippen LogP contribution >= 0.6 is 39.3 Å². The molecule has 2 nitrogen and oxygen atoms in total. The number of rotatable bonds is 2. The number of benzene rings is 2. The van der Waals surface area contributed by atoms with E-state index in [1.165, 1.54) is 10.5 Å². The molecule has 1 N–H and O–H groups in total. The lowest BCUT2D eigenvalue weighted by Crippen LogP contribution is -2.30. The molecule has 108 valence electrons. The lowest BCUT2D eigenvalue weighted by Gasteiger charge is -2.26. The van der Waals surface area contributed by atoms with Crippen molar-refractivity contribution in [3.05, 3.63) is 63.1 Å². The summed E-state index contributed by atoms with van der Waals surface area (Å²) in [5, 5.41) is 3.66. The van der Waals surface area contributed by atoms with Crippen molar-refractivity contribution in [3.63, 3.8) is 0 Å². The Hall–Kier alpha value is -0.970. The molecule has 3 rings (SSSR count). The highest BCUT2D eigenvalue weighted by atomic mass is 79.9. The lowest BCUT2D eigenvalue weighted by molar-refractivity contribution is 0.0935. The molecule has 0 saturated heterocycles. The number of carbonyl (C=O) groups excluding carboxylic acids is 1. The first kappa shape index (κ1) is 14.9.